The zero-order valence-electron chi connectivity index (χ0n) is 25.6. The Balaban J connectivity index is 3.13. The molecular weight excluding hydrogens is 456 g/mol. The first kappa shape index (κ1) is 36.3. The molecule has 0 atom stereocenters. The average molecular weight is 527 g/mol. The molecule has 0 amide bonds. The van der Waals surface area contributed by atoms with Crippen molar-refractivity contribution in [2.45, 2.75) is 225 Å². The maximum atomic E-state index is 6.60. The predicted octanol–water partition coefficient (Wildman–Crippen LogP) is 14.1. The molecule has 0 heterocycles. The second-order valence-corrected chi connectivity index (χ2v) is 12.7. The number of hydrogen-bond donors (Lipinski definition) is 0. The van der Waals surface area contributed by atoms with Gasteiger partial charge in [0.15, 0.2) is 0 Å². The SMILES string of the molecule is CCCCCCCCCCCCCCCCCC(Cl)CCCCCCCCCCCCCCCCC. The van der Waals surface area contributed by atoms with Gasteiger partial charge in [-0.15, -0.1) is 11.6 Å². The van der Waals surface area contributed by atoms with Gasteiger partial charge in [-0.05, 0) is 12.8 Å². The fourth-order valence-electron chi connectivity index (χ4n) is 5.62. The maximum absolute atomic E-state index is 6.60. The Hall–Kier alpha value is 0.290. The lowest BCUT2D eigenvalue weighted by atomic mass is 10.0. The molecule has 0 nitrogen and oxygen atoms in total. The average Bonchev–Trinajstić information content (AvgIpc) is 2.88. The van der Waals surface area contributed by atoms with E-state index in [2.05, 4.69) is 13.8 Å². The Morgan fingerprint density at radius 2 is 0.444 bits per heavy atom. The van der Waals surface area contributed by atoms with E-state index in [9.17, 15) is 0 Å². The molecule has 0 aromatic heterocycles. The molecule has 0 saturated heterocycles. The molecule has 0 aliphatic rings. The van der Waals surface area contributed by atoms with E-state index >= 15 is 0 Å². The van der Waals surface area contributed by atoms with E-state index in [1.165, 1.54) is 205 Å². The van der Waals surface area contributed by atoms with E-state index in [1.807, 2.05) is 0 Å². The normalized spacial score (nSPS) is 11.7. The van der Waals surface area contributed by atoms with Crippen molar-refractivity contribution < 1.29 is 0 Å². The molecule has 0 N–H and O–H groups in total. The molecule has 0 fully saturated rings. The number of unbranched alkanes of at least 4 members (excludes halogenated alkanes) is 28. The summed E-state index contributed by atoms with van der Waals surface area (Å²) in [6, 6.07) is 0. The zero-order chi connectivity index (χ0) is 26.2. The Morgan fingerprint density at radius 3 is 0.639 bits per heavy atom. The molecule has 0 rings (SSSR count). The third-order valence-corrected chi connectivity index (χ3v) is 8.68. The zero-order valence-corrected chi connectivity index (χ0v) is 26.3. The third-order valence-electron chi connectivity index (χ3n) is 8.24. The monoisotopic (exact) mass is 527 g/mol. The van der Waals surface area contributed by atoms with Crippen molar-refractivity contribution >= 4 is 11.6 Å². The molecule has 1 heteroatoms. The Morgan fingerprint density at radius 1 is 0.278 bits per heavy atom. The van der Waals surface area contributed by atoms with Gasteiger partial charge in [-0.2, -0.15) is 0 Å². The lowest BCUT2D eigenvalue weighted by molar-refractivity contribution is 0.514. The maximum Gasteiger partial charge on any atom is 0.0336 e. The van der Waals surface area contributed by atoms with Crippen LogP contribution in [0, 0.1) is 0 Å². The highest BCUT2D eigenvalue weighted by Gasteiger charge is 2.04. The molecule has 0 saturated carbocycles. The van der Waals surface area contributed by atoms with Gasteiger partial charge in [-0.3, -0.25) is 0 Å². The van der Waals surface area contributed by atoms with E-state index in [-0.39, 0.29) is 0 Å². The lowest BCUT2D eigenvalue weighted by Crippen LogP contribution is -1.98. The molecule has 0 spiro atoms. The first-order chi connectivity index (χ1) is 17.8. The summed E-state index contributed by atoms with van der Waals surface area (Å²) in [5, 5.41) is 0.439. The van der Waals surface area contributed by atoms with Crippen molar-refractivity contribution in [3.63, 3.8) is 0 Å². The largest absolute Gasteiger partial charge is 0.123 e. The van der Waals surface area contributed by atoms with Gasteiger partial charge in [0.1, 0.15) is 0 Å². The lowest BCUT2D eigenvalue weighted by Gasteiger charge is -2.09. The van der Waals surface area contributed by atoms with Gasteiger partial charge in [0.25, 0.3) is 0 Å². The molecule has 0 unspecified atom stereocenters. The highest BCUT2D eigenvalue weighted by molar-refractivity contribution is 6.20. The minimum atomic E-state index is 0.439. The van der Waals surface area contributed by atoms with Gasteiger partial charge in [0.2, 0.25) is 0 Å². The number of rotatable bonds is 32. The van der Waals surface area contributed by atoms with Gasteiger partial charge in [-0.1, -0.05) is 206 Å². The second kappa shape index (κ2) is 33.3. The van der Waals surface area contributed by atoms with Crippen molar-refractivity contribution in [1.82, 2.24) is 0 Å². The van der Waals surface area contributed by atoms with Crippen molar-refractivity contribution in [2.75, 3.05) is 0 Å². The first-order valence-corrected chi connectivity index (χ1v) is 17.9. The second-order valence-electron chi connectivity index (χ2n) is 12.1. The molecule has 218 valence electrons. The van der Waals surface area contributed by atoms with Crippen LogP contribution < -0.4 is 0 Å². The predicted molar refractivity (Wildman–Crippen MR) is 169 cm³/mol. The van der Waals surface area contributed by atoms with E-state index in [0.717, 1.165) is 0 Å². The van der Waals surface area contributed by atoms with Gasteiger partial charge in [0.05, 0.1) is 0 Å². The molecule has 0 aliphatic heterocycles. The highest BCUT2D eigenvalue weighted by atomic mass is 35.5. The van der Waals surface area contributed by atoms with Gasteiger partial charge >= 0.3 is 0 Å². The van der Waals surface area contributed by atoms with E-state index in [0.29, 0.717) is 5.38 Å². The summed E-state index contributed by atoms with van der Waals surface area (Å²) in [4.78, 5) is 0. The molecule has 0 aromatic carbocycles. The quantitative estimate of drug-likeness (QED) is 0.0603. The number of halogens is 1. The third kappa shape index (κ3) is 32.3. The van der Waals surface area contributed by atoms with E-state index in [1.54, 1.807) is 0 Å². The molecule has 0 aliphatic carbocycles. The van der Waals surface area contributed by atoms with Crippen LogP contribution in [0.2, 0.25) is 0 Å². The van der Waals surface area contributed by atoms with Crippen molar-refractivity contribution in [3.05, 3.63) is 0 Å². The van der Waals surface area contributed by atoms with Crippen LogP contribution in [0.3, 0.4) is 0 Å². The number of hydrogen-bond acceptors (Lipinski definition) is 0. The summed E-state index contributed by atoms with van der Waals surface area (Å²) >= 11 is 6.60. The topological polar surface area (TPSA) is 0 Å². The summed E-state index contributed by atoms with van der Waals surface area (Å²) in [7, 11) is 0. The minimum Gasteiger partial charge on any atom is -0.123 e. The molecule has 0 aromatic rings. The summed E-state index contributed by atoms with van der Waals surface area (Å²) < 4.78 is 0. The highest BCUT2D eigenvalue weighted by Crippen LogP contribution is 2.19. The Labute approximate surface area is 235 Å². The smallest absolute Gasteiger partial charge is 0.0336 e. The van der Waals surface area contributed by atoms with Crippen LogP contribution in [0.5, 0.6) is 0 Å². The Bertz CT molecular complexity index is 332. The molecule has 0 bridgehead atoms. The standard InChI is InChI=1S/C35H71Cl/c1-3-5-7-9-11-13-15-17-19-21-23-25-27-29-31-33-35(36)34-32-30-28-26-24-22-20-18-16-14-12-10-8-6-4-2/h35H,3-34H2,1-2H3. The minimum absolute atomic E-state index is 0.439. The fraction of sp³-hybridized carbons (Fsp3) is 1.00. The van der Waals surface area contributed by atoms with Crippen LogP contribution in [0.25, 0.3) is 0 Å². The van der Waals surface area contributed by atoms with Crippen LogP contribution in [-0.4, -0.2) is 5.38 Å². The van der Waals surface area contributed by atoms with Crippen molar-refractivity contribution in [2.24, 2.45) is 0 Å². The fourth-order valence-corrected chi connectivity index (χ4v) is 5.93. The van der Waals surface area contributed by atoms with E-state index in [4.69, 9.17) is 11.6 Å². The number of alkyl halides is 1. The van der Waals surface area contributed by atoms with Crippen molar-refractivity contribution in [1.29, 1.82) is 0 Å². The van der Waals surface area contributed by atoms with Gasteiger partial charge in [-0.25, -0.2) is 0 Å². The van der Waals surface area contributed by atoms with E-state index < -0.39 is 0 Å². The van der Waals surface area contributed by atoms with Crippen LogP contribution in [-0.2, 0) is 0 Å². The first-order valence-electron chi connectivity index (χ1n) is 17.4. The molecule has 36 heavy (non-hydrogen) atoms. The molecule has 0 radical (unpaired) electrons. The summed E-state index contributed by atoms with van der Waals surface area (Å²) in [6.45, 7) is 4.61. The Kier molecular flexibility index (Phi) is 33.6. The molecular formula is C35H71Cl. The van der Waals surface area contributed by atoms with Crippen LogP contribution in [0.4, 0.5) is 0 Å². The van der Waals surface area contributed by atoms with Crippen LogP contribution in [0.15, 0.2) is 0 Å². The van der Waals surface area contributed by atoms with Crippen molar-refractivity contribution in [3.8, 4) is 0 Å². The summed E-state index contributed by atoms with van der Waals surface area (Å²) in [5.41, 5.74) is 0. The van der Waals surface area contributed by atoms with Crippen LogP contribution in [0.1, 0.15) is 219 Å². The van der Waals surface area contributed by atoms with Gasteiger partial charge in [0, 0.05) is 5.38 Å². The van der Waals surface area contributed by atoms with Crippen LogP contribution >= 0.6 is 11.6 Å². The van der Waals surface area contributed by atoms with Gasteiger partial charge < -0.3 is 0 Å². The summed E-state index contributed by atoms with van der Waals surface area (Å²) in [5.74, 6) is 0. The summed E-state index contributed by atoms with van der Waals surface area (Å²) in [6.07, 6.45) is 45.8.